The number of benzene rings is 2. The van der Waals surface area contributed by atoms with Gasteiger partial charge in [0.1, 0.15) is 5.75 Å². The molecule has 3 rings (SSSR count). The Balaban J connectivity index is 1.63. The molecule has 7 nitrogen and oxygen atoms in total. The number of H-pyrrole nitrogens is 1. The van der Waals surface area contributed by atoms with E-state index in [9.17, 15) is 9.59 Å². The molecule has 30 heavy (non-hydrogen) atoms. The maximum atomic E-state index is 12.3. The highest BCUT2D eigenvalue weighted by molar-refractivity contribution is 6.33. The van der Waals surface area contributed by atoms with Crippen LogP contribution >= 0.6 is 11.6 Å². The standard InChI is InChI=1S/C22H21ClN4O3/c1-22(2,3)19-12-18(25-26-19)20(28)27-24-13-14-7-6-8-15(11-14)30-21(29)16-9-4-5-10-17(16)23/h4-13H,1-3H3,(H,25,26)(H,27,28)/b24-13-. The molecule has 1 heterocycles. The van der Waals surface area contributed by atoms with Crippen molar-refractivity contribution in [3.63, 3.8) is 0 Å². The van der Waals surface area contributed by atoms with Gasteiger partial charge in [0.25, 0.3) is 5.91 Å². The van der Waals surface area contributed by atoms with Gasteiger partial charge in [0.15, 0.2) is 5.69 Å². The zero-order valence-electron chi connectivity index (χ0n) is 16.8. The van der Waals surface area contributed by atoms with Crippen molar-refractivity contribution in [3.8, 4) is 5.75 Å². The van der Waals surface area contributed by atoms with E-state index >= 15 is 0 Å². The van der Waals surface area contributed by atoms with Crippen LogP contribution < -0.4 is 10.2 Å². The first-order chi connectivity index (χ1) is 14.2. The zero-order chi connectivity index (χ0) is 21.7. The van der Waals surface area contributed by atoms with Crippen molar-refractivity contribution >= 4 is 29.7 Å². The van der Waals surface area contributed by atoms with Crippen LogP contribution in [0.4, 0.5) is 0 Å². The number of nitrogens with one attached hydrogen (secondary N) is 2. The molecule has 2 aromatic carbocycles. The average Bonchev–Trinajstić information content (AvgIpc) is 3.19. The van der Waals surface area contributed by atoms with Gasteiger partial charge in [-0.3, -0.25) is 9.89 Å². The molecule has 0 atom stereocenters. The summed E-state index contributed by atoms with van der Waals surface area (Å²) in [7, 11) is 0. The number of nitrogens with zero attached hydrogens (tertiary/aromatic N) is 2. The first-order valence-corrected chi connectivity index (χ1v) is 9.58. The van der Waals surface area contributed by atoms with Crippen LogP contribution in [0.1, 0.15) is 52.9 Å². The topological polar surface area (TPSA) is 96.4 Å². The lowest BCUT2D eigenvalue weighted by Crippen LogP contribution is -2.18. The number of aromatic amines is 1. The summed E-state index contributed by atoms with van der Waals surface area (Å²) in [6.45, 7) is 6.06. The lowest BCUT2D eigenvalue weighted by Gasteiger charge is -2.14. The largest absolute Gasteiger partial charge is 0.423 e. The van der Waals surface area contributed by atoms with Crippen molar-refractivity contribution in [3.05, 3.63) is 82.1 Å². The second kappa shape index (κ2) is 8.92. The van der Waals surface area contributed by atoms with Gasteiger partial charge in [0.05, 0.1) is 16.8 Å². The number of carbonyl (C=O) groups is 2. The second-order valence-corrected chi connectivity index (χ2v) is 7.97. The van der Waals surface area contributed by atoms with Crippen LogP contribution in [0, 0.1) is 0 Å². The van der Waals surface area contributed by atoms with E-state index in [1.807, 2.05) is 20.8 Å². The van der Waals surface area contributed by atoms with Gasteiger partial charge in [-0.25, -0.2) is 10.2 Å². The van der Waals surface area contributed by atoms with Crippen molar-refractivity contribution in [2.45, 2.75) is 26.2 Å². The maximum Gasteiger partial charge on any atom is 0.345 e. The molecule has 154 valence electrons. The fourth-order valence-corrected chi connectivity index (χ4v) is 2.70. The molecule has 0 saturated heterocycles. The highest BCUT2D eigenvalue weighted by Crippen LogP contribution is 2.20. The average molecular weight is 425 g/mol. The molecule has 0 radical (unpaired) electrons. The van der Waals surface area contributed by atoms with Crippen LogP contribution in [0.5, 0.6) is 5.75 Å². The van der Waals surface area contributed by atoms with Crippen LogP contribution in [-0.4, -0.2) is 28.3 Å². The van der Waals surface area contributed by atoms with Gasteiger partial charge in [-0.15, -0.1) is 0 Å². The first-order valence-electron chi connectivity index (χ1n) is 9.20. The van der Waals surface area contributed by atoms with Crippen LogP contribution in [0.25, 0.3) is 0 Å². The maximum absolute atomic E-state index is 12.3. The van der Waals surface area contributed by atoms with Crippen molar-refractivity contribution in [2.75, 3.05) is 0 Å². The molecule has 0 aliphatic rings. The Morgan fingerprint density at radius 3 is 2.60 bits per heavy atom. The first kappa shape index (κ1) is 21.3. The van der Waals surface area contributed by atoms with E-state index in [1.165, 1.54) is 6.21 Å². The number of halogens is 1. The third-order valence-corrected chi connectivity index (χ3v) is 4.49. The Bertz CT molecular complexity index is 1100. The van der Waals surface area contributed by atoms with E-state index in [1.54, 1.807) is 54.6 Å². The third kappa shape index (κ3) is 5.33. The number of hydrogen-bond acceptors (Lipinski definition) is 5. The van der Waals surface area contributed by atoms with Gasteiger partial charge in [-0.2, -0.15) is 10.2 Å². The van der Waals surface area contributed by atoms with Crippen molar-refractivity contribution in [1.29, 1.82) is 0 Å². The van der Waals surface area contributed by atoms with E-state index in [2.05, 4.69) is 20.7 Å². The number of amides is 1. The summed E-state index contributed by atoms with van der Waals surface area (Å²) in [5, 5.41) is 11.1. The number of rotatable bonds is 5. The molecular formula is C22H21ClN4O3. The van der Waals surface area contributed by atoms with Gasteiger partial charge in [0.2, 0.25) is 0 Å². The summed E-state index contributed by atoms with van der Waals surface area (Å²) in [4.78, 5) is 24.5. The van der Waals surface area contributed by atoms with Gasteiger partial charge in [-0.05, 0) is 35.9 Å². The van der Waals surface area contributed by atoms with Gasteiger partial charge < -0.3 is 4.74 Å². The zero-order valence-corrected chi connectivity index (χ0v) is 17.5. The van der Waals surface area contributed by atoms with Gasteiger partial charge >= 0.3 is 5.97 Å². The summed E-state index contributed by atoms with van der Waals surface area (Å²) in [5.41, 5.74) is 4.30. The smallest absolute Gasteiger partial charge is 0.345 e. The molecule has 1 amide bonds. The fraction of sp³-hybridized carbons (Fsp3) is 0.182. The van der Waals surface area contributed by atoms with E-state index in [0.717, 1.165) is 5.69 Å². The predicted octanol–water partition coefficient (Wildman–Crippen LogP) is 4.34. The quantitative estimate of drug-likeness (QED) is 0.275. The van der Waals surface area contributed by atoms with E-state index < -0.39 is 11.9 Å². The predicted molar refractivity (Wildman–Crippen MR) is 115 cm³/mol. The summed E-state index contributed by atoms with van der Waals surface area (Å²) in [5.74, 6) is -0.659. The van der Waals surface area contributed by atoms with Crippen molar-refractivity contribution < 1.29 is 14.3 Å². The molecule has 1 aromatic heterocycles. The molecule has 0 saturated carbocycles. The van der Waals surface area contributed by atoms with E-state index in [-0.39, 0.29) is 16.7 Å². The highest BCUT2D eigenvalue weighted by atomic mass is 35.5. The van der Waals surface area contributed by atoms with E-state index in [0.29, 0.717) is 16.3 Å². The molecule has 0 fully saturated rings. The Morgan fingerprint density at radius 2 is 1.90 bits per heavy atom. The number of hydrogen-bond donors (Lipinski definition) is 2. The molecule has 0 bridgehead atoms. The molecule has 0 aliphatic heterocycles. The summed E-state index contributed by atoms with van der Waals surface area (Å²) < 4.78 is 5.37. The molecule has 3 aromatic rings. The Kier molecular flexibility index (Phi) is 6.32. The van der Waals surface area contributed by atoms with Crippen LogP contribution in [-0.2, 0) is 5.41 Å². The Morgan fingerprint density at radius 1 is 1.13 bits per heavy atom. The lowest BCUT2D eigenvalue weighted by molar-refractivity contribution is 0.0734. The number of carbonyl (C=O) groups excluding carboxylic acids is 2. The van der Waals surface area contributed by atoms with Crippen LogP contribution in [0.2, 0.25) is 5.02 Å². The van der Waals surface area contributed by atoms with Crippen LogP contribution in [0.15, 0.2) is 59.7 Å². The van der Waals surface area contributed by atoms with Crippen molar-refractivity contribution in [2.24, 2.45) is 5.10 Å². The Hall–Kier alpha value is -3.45. The fourth-order valence-electron chi connectivity index (χ4n) is 2.49. The third-order valence-electron chi connectivity index (χ3n) is 4.16. The summed E-state index contributed by atoms with van der Waals surface area (Å²) >= 11 is 6.02. The molecule has 8 heteroatoms. The summed E-state index contributed by atoms with van der Waals surface area (Å²) in [6, 6.07) is 15.1. The summed E-state index contributed by atoms with van der Waals surface area (Å²) in [6.07, 6.45) is 1.45. The number of ether oxygens (including phenoxy) is 1. The minimum atomic E-state index is -0.559. The molecule has 0 spiro atoms. The van der Waals surface area contributed by atoms with Crippen molar-refractivity contribution in [1.82, 2.24) is 15.6 Å². The SMILES string of the molecule is CC(C)(C)c1cc(C(=O)N/N=C\c2cccc(OC(=O)c3ccccc3Cl)c2)n[nH]1. The van der Waals surface area contributed by atoms with Gasteiger partial charge in [0, 0.05) is 11.1 Å². The molecular weight excluding hydrogens is 404 g/mol. The van der Waals surface area contributed by atoms with Gasteiger partial charge in [-0.1, -0.05) is 56.6 Å². The number of hydrazone groups is 1. The lowest BCUT2D eigenvalue weighted by atomic mass is 9.92. The molecule has 0 unspecified atom stereocenters. The highest BCUT2D eigenvalue weighted by Gasteiger charge is 2.19. The number of aromatic nitrogens is 2. The number of esters is 1. The normalized spacial score (nSPS) is 11.5. The van der Waals surface area contributed by atoms with Crippen LogP contribution in [0.3, 0.4) is 0 Å². The molecule has 2 N–H and O–H groups in total. The minimum Gasteiger partial charge on any atom is -0.423 e. The van der Waals surface area contributed by atoms with E-state index in [4.69, 9.17) is 16.3 Å². The minimum absolute atomic E-state index is 0.142. The monoisotopic (exact) mass is 424 g/mol. The molecule has 0 aliphatic carbocycles. The second-order valence-electron chi connectivity index (χ2n) is 7.56. The Labute approximate surface area is 179 Å².